The van der Waals surface area contributed by atoms with Crippen molar-refractivity contribution in [1.82, 2.24) is 0 Å². The molecule has 1 aliphatic carbocycles. The number of rotatable bonds is 0. The van der Waals surface area contributed by atoms with Gasteiger partial charge >= 0.3 is 29.6 Å². The Hall–Kier alpha value is 0.960. The molecular formula is C10H18NNa. The van der Waals surface area contributed by atoms with Gasteiger partial charge in [0, 0.05) is 0 Å². The molecule has 0 aromatic rings. The van der Waals surface area contributed by atoms with Crippen molar-refractivity contribution in [1.29, 1.82) is 0 Å². The van der Waals surface area contributed by atoms with Gasteiger partial charge in [0.25, 0.3) is 0 Å². The average molecular weight is 175 g/mol. The van der Waals surface area contributed by atoms with E-state index in [1.807, 2.05) is 0 Å². The molecule has 1 atom stereocenters. The summed E-state index contributed by atoms with van der Waals surface area (Å²) in [4.78, 5) is 0. The number of hydrogen-bond donors (Lipinski definition) is 0. The Kier molecular flexibility index (Phi) is 4.10. The minimum atomic E-state index is 0. The van der Waals surface area contributed by atoms with Crippen molar-refractivity contribution >= 4 is 0 Å². The summed E-state index contributed by atoms with van der Waals surface area (Å²) in [6.07, 6.45) is 8.68. The van der Waals surface area contributed by atoms with Gasteiger partial charge in [-0.05, 0) is 18.3 Å². The summed E-state index contributed by atoms with van der Waals surface area (Å²) >= 11 is 0. The quantitative estimate of drug-likeness (QED) is 0.464. The van der Waals surface area contributed by atoms with Crippen molar-refractivity contribution in [3.05, 3.63) is 5.32 Å². The van der Waals surface area contributed by atoms with Gasteiger partial charge in [-0.3, -0.25) is 0 Å². The van der Waals surface area contributed by atoms with Gasteiger partial charge in [-0.2, -0.15) is 0 Å². The van der Waals surface area contributed by atoms with Gasteiger partial charge in [0.2, 0.25) is 0 Å². The normalized spacial score (nSPS) is 33.2. The van der Waals surface area contributed by atoms with E-state index in [0.717, 1.165) is 6.54 Å². The second-order valence-electron chi connectivity index (χ2n) is 4.26. The SMILES string of the molecule is CC1[N-]CCC12CCCCC2.[Na+]. The number of nitrogens with zero attached hydrogens (tertiary/aromatic N) is 1. The monoisotopic (exact) mass is 175 g/mol. The zero-order valence-electron chi connectivity index (χ0n) is 8.47. The van der Waals surface area contributed by atoms with Crippen LogP contribution in [0.5, 0.6) is 0 Å². The Morgan fingerprint density at radius 2 is 1.75 bits per heavy atom. The Bertz CT molecular complexity index is 141. The second-order valence-corrected chi connectivity index (χ2v) is 4.26. The minimum absolute atomic E-state index is 0. The maximum Gasteiger partial charge on any atom is 1.00 e. The van der Waals surface area contributed by atoms with Crippen LogP contribution < -0.4 is 29.6 Å². The van der Waals surface area contributed by atoms with E-state index in [9.17, 15) is 0 Å². The van der Waals surface area contributed by atoms with Gasteiger partial charge in [-0.1, -0.05) is 32.6 Å². The van der Waals surface area contributed by atoms with Crippen molar-refractivity contribution in [3.63, 3.8) is 0 Å². The third-order valence-corrected chi connectivity index (χ3v) is 3.75. The van der Waals surface area contributed by atoms with Gasteiger partial charge in [-0.15, -0.1) is 12.6 Å². The molecule has 1 unspecified atom stereocenters. The summed E-state index contributed by atoms with van der Waals surface area (Å²) in [5, 5.41) is 4.61. The zero-order valence-corrected chi connectivity index (χ0v) is 10.5. The van der Waals surface area contributed by atoms with Crippen LogP contribution in [0.1, 0.15) is 45.4 Å². The van der Waals surface area contributed by atoms with Crippen LogP contribution >= 0.6 is 0 Å². The Morgan fingerprint density at radius 1 is 1.08 bits per heavy atom. The van der Waals surface area contributed by atoms with Crippen LogP contribution in [0.15, 0.2) is 0 Å². The first-order valence-corrected chi connectivity index (χ1v) is 5.00. The molecule has 2 aliphatic rings. The van der Waals surface area contributed by atoms with E-state index in [4.69, 9.17) is 0 Å². The first-order valence-electron chi connectivity index (χ1n) is 5.00. The summed E-state index contributed by atoms with van der Waals surface area (Å²) in [6, 6.07) is 0.669. The van der Waals surface area contributed by atoms with E-state index < -0.39 is 0 Å². The summed E-state index contributed by atoms with van der Waals surface area (Å²) in [6.45, 7) is 3.46. The molecule has 0 bridgehead atoms. The molecular weight excluding hydrogens is 157 g/mol. The van der Waals surface area contributed by atoms with Crippen LogP contribution in [-0.4, -0.2) is 12.6 Å². The fourth-order valence-corrected chi connectivity index (χ4v) is 2.81. The third-order valence-electron chi connectivity index (χ3n) is 3.75. The number of hydrogen-bond acceptors (Lipinski definition) is 0. The summed E-state index contributed by atoms with van der Waals surface area (Å²) in [5.74, 6) is 0. The van der Waals surface area contributed by atoms with Crippen molar-refractivity contribution in [3.8, 4) is 0 Å². The van der Waals surface area contributed by atoms with E-state index in [1.165, 1.54) is 38.5 Å². The van der Waals surface area contributed by atoms with Crippen LogP contribution in [0.3, 0.4) is 0 Å². The first-order chi connectivity index (χ1) is 5.33. The largest absolute Gasteiger partial charge is 1.00 e. The molecule has 64 valence electrons. The molecule has 1 spiro atoms. The second kappa shape index (κ2) is 4.45. The van der Waals surface area contributed by atoms with Crippen LogP contribution in [0.25, 0.3) is 5.32 Å². The van der Waals surface area contributed by atoms with Gasteiger partial charge < -0.3 is 5.32 Å². The standard InChI is InChI=1S/C10H18N.Na/c1-9-10(7-8-11-9)5-3-2-4-6-10;/h9H,2-8H2,1H3;/q-1;+1. The van der Waals surface area contributed by atoms with Crippen molar-refractivity contribution in [2.24, 2.45) is 5.41 Å². The minimum Gasteiger partial charge on any atom is -0.659 e. The summed E-state index contributed by atoms with van der Waals surface area (Å²) < 4.78 is 0. The van der Waals surface area contributed by atoms with Gasteiger partial charge in [0.15, 0.2) is 0 Å². The molecule has 1 aliphatic heterocycles. The molecule has 1 heterocycles. The maximum atomic E-state index is 4.61. The van der Waals surface area contributed by atoms with Crippen LogP contribution in [0.2, 0.25) is 0 Å². The predicted molar refractivity (Wildman–Crippen MR) is 47.8 cm³/mol. The zero-order chi connectivity index (χ0) is 7.73. The Balaban J connectivity index is 0.000000720. The van der Waals surface area contributed by atoms with Crippen LogP contribution in [0, 0.1) is 5.41 Å². The van der Waals surface area contributed by atoms with Gasteiger partial charge in [0.1, 0.15) is 0 Å². The molecule has 2 rings (SSSR count). The van der Waals surface area contributed by atoms with E-state index in [-0.39, 0.29) is 29.6 Å². The van der Waals surface area contributed by atoms with E-state index >= 15 is 0 Å². The molecule has 0 radical (unpaired) electrons. The van der Waals surface area contributed by atoms with Crippen molar-refractivity contribution < 1.29 is 29.6 Å². The van der Waals surface area contributed by atoms with E-state index in [2.05, 4.69) is 12.2 Å². The molecule has 2 heteroatoms. The first kappa shape index (κ1) is 11.0. The van der Waals surface area contributed by atoms with Crippen molar-refractivity contribution in [2.45, 2.75) is 51.5 Å². The van der Waals surface area contributed by atoms with Gasteiger partial charge in [0.05, 0.1) is 0 Å². The van der Waals surface area contributed by atoms with Gasteiger partial charge in [-0.25, -0.2) is 0 Å². The third kappa shape index (κ3) is 1.89. The molecule has 1 saturated carbocycles. The molecule has 0 N–H and O–H groups in total. The summed E-state index contributed by atoms with van der Waals surface area (Å²) in [5.41, 5.74) is 0.665. The maximum absolute atomic E-state index is 4.61. The predicted octanol–water partition coefficient (Wildman–Crippen LogP) is 0.107. The fraction of sp³-hybridized carbons (Fsp3) is 1.00. The Labute approximate surface area is 98.0 Å². The van der Waals surface area contributed by atoms with E-state index in [0.29, 0.717) is 11.5 Å². The molecule has 0 aromatic carbocycles. The van der Waals surface area contributed by atoms with Crippen LogP contribution in [-0.2, 0) is 0 Å². The van der Waals surface area contributed by atoms with E-state index in [1.54, 1.807) is 0 Å². The smallest absolute Gasteiger partial charge is 0.659 e. The van der Waals surface area contributed by atoms with Crippen molar-refractivity contribution in [2.75, 3.05) is 6.54 Å². The molecule has 12 heavy (non-hydrogen) atoms. The fourth-order valence-electron chi connectivity index (χ4n) is 2.81. The molecule has 0 amide bonds. The average Bonchev–Trinajstić information content (AvgIpc) is 2.36. The summed E-state index contributed by atoms with van der Waals surface area (Å²) in [7, 11) is 0. The molecule has 1 nitrogen and oxygen atoms in total. The Morgan fingerprint density at radius 3 is 2.25 bits per heavy atom. The molecule has 0 aromatic heterocycles. The van der Waals surface area contributed by atoms with Crippen LogP contribution in [0.4, 0.5) is 0 Å². The molecule has 1 saturated heterocycles. The molecule has 2 fully saturated rings. The topological polar surface area (TPSA) is 14.1 Å².